The van der Waals surface area contributed by atoms with Gasteiger partial charge in [0.1, 0.15) is 19.0 Å². The van der Waals surface area contributed by atoms with Crippen LogP contribution in [-0.4, -0.2) is 32.0 Å². The summed E-state index contributed by atoms with van der Waals surface area (Å²) >= 11 is 0. The Morgan fingerprint density at radius 2 is 1.62 bits per heavy atom. The van der Waals surface area contributed by atoms with Gasteiger partial charge in [-0.2, -0.15) is 0 Å². The SMILES string of the molecule is COc1cc(/C=C2/C(=O)c3ccccc3N2C(C)=O)ccc1OCCOc1ccccc1. The van der Waals surface area contributed by atoms with Crippen molar-refractivity contribution in [2.24, 2.45) is 0 Å². The molecule has 1 aliphatic rings. The van der Waals surface area contributed by atoms with Gasteiger partial charge in [-0.1, -0.05) is 36.4 Å². The zero-order valence-electron chi connectivity index (χ0n) is 17.9. The molecule has 6 heteroatoms. The molecule has 3 aromatic rings. The normalized spacial score (nSPS) is 13.8. The number of ether oxygens (including phenoxy) is 3. The Morgan fingerprint density at radius 3 is 2.38 bits per heavy atom. The van der Waals surface area contributed by atoms with E-state index in [2.05, 4.69) is 0 Å². The lowest BCUT2D eigenvalue weighted by atomic mass is 10.1. The maximum absolute atomic E-state index is 12.9. The Hall–Kier alpha value is -4.06. The van der Waals surface area contributed by atoms with Crippen LogP contribution in [0.1, 0.15) is 22.8 Å². The molecule has 0 saturated heterocycles. The molecular formula is C26H23NO5. The van der Waals surface area contributed by atoms with Crippen LogP contribution in [0.3, 0.4) is 0 Å². The van der Waals surface area contributed by atoms with Crippen LogP contribution in [-0.2, 0) is 4.79 Å². The van der Waals surface area contributed by atoms with Gasteiger partial charge in [0.2, 0.25) is 11.7 Å². The molecular weight excluding hydrogens is 406 g/mol. The molecule has 0 bridgehead atoms. The number of fused-ring (bicyclic) bond motifs is 1. The third kappa shape index (κ3) is 4.34. The summed E-state index contributed by atoms with van der Waals surface area (Å²) in [6.45, 7) is 2.18. The third-order valence-electron chi connectivity index (χ3n) is 5.02. The van der Waals surface area contributed by atoms with Crippen LogP contribution >= 0.6 is 0 Å². The molecule has 4 rings (SSSR count). The first-order valence-corrected chi connectivity index (χ1v) is 10.2. The number of allylic oxidation sites excluding steroid dienone is 1. The minimum atomic E-state index is -0.222. The van der Waals surface area contributed by atoms with Crippen molar-refractivity contribution >= 4 is 23.5 Å². The molecule has 0 unspecified atom stereocenters. The number of hydrogen-bond acceptors (Lipinski definition) is 5. The van der Waals surface area contributed by atoms with Crippen molar-refractivity contribution in [2.75, 3.05) is 25.2 Å². The van der Waals surface area contributed by atoms with Gasteiger partial charge in [-0.15, -0.1) is 0 Å². The highest BCUT2D eigenvalue weighted by Gasteiger charge is 2.34. The molecule has 0 saturated carbocycles. The summed E-state index contributed by atoms with van der Waals surface area (Å²) in [6, 6.07) is 22.0. The van der Waals surface area contributed by atoms with Crippen molar-refractivity contribution < 1.29 is 23.8 Å². The Kier molecular flexibility index (Phi) is 6.22. The summed E-state index contributed by atoms with van der Waals surface area (Å²) in [4.78, 5) is 26.6. The van der Waals surface area contributed by atoms with Crippen molar-refractivity contribution in [3.05, 3.63) is 89.6 Å². The minimum absolute atomic E-state index is 0.187. The first-order valence-electron chi connectivity index (χ1n) is 10.2. The standard InChI is InChI=1S/C26H23NO5/c1-18(28)27-22-11-7-6-10-21(22)26(29)23(27)16-19-12-13-24(25(17-19)30-2)32-15-14-31-20-8-4-3-5-9-20/h3-13,16-17H,14-15H2,1-2H3/b23-16-. The van der Waals surface area contributed by atoms with Gasteiger partial charge in [0.05, 0.1) is 18.5 Å². The van der Waals surface area contributed by atoms with E-state index in [0.717, 1.165) is 11.3 Å². The van der Waals surface area contributed by atoms with Gasteiger partial charge in [-0.25, -0.2) is 0 Å². The number of benzene rings is 3. The largest absolute Gasteiger partial charge is 0.493 e. The van der Waals surface area contributed by atoms with Gasteiger partial charge >= 0.3 is 0 Å². The predicted molar refractivity (Wildman–Crippen MR) is 122 cm³/mol. The fourth-order valence-corrected chi connectivity index (χ4v) is 3.58. The molecule has 0 atom stereocenters. The second-order valence-corrected chi connectivity index (χ2v) is 7.15. The highest BCUT2D eigenvalue weighted by atomic mass is 16.5. The van der Waals surface area contributed by atoms with Gasteiger partial charge in [0.25, 0.3) is 0 Å². The van der Waals surface area contributed by atoms with Crippen LogP contribution in [0.25, 0.3) is 6.08 Å². The number of rotatable bonds is 7. The van der Waals surface area contributed by atoms with E-state index in [-0.39, 0.29) is 11.7 Å². The van der Waals surface area contributed by atoms with Crippen molar-refractivity contribution in [1.82, 2.24) is 0 Å². The fourth-order valence-electron chi connectivity index (χ4n) is 3.58. The van der Waals surface area contributed by atoms with Crippen LogP contribution in [0.4, 0.5) is 5.69 Å². The van der Waals surface area contributed by atoms with Gasteiger partial charge < -0.3 is 14.2 Å². The number of methoxy groups -OCH3 is 1. The summed E-state index contributed by atoms with van der Waals surface area (Å²) in [5.41, 5.74) is 2.14. The molecule has 32 heavy (non-hydrogen) atoms. The number of nitrogens with zero attached hydrogens (tertiary/aromatic N) is 1. The lowest BCUT2D eigenvalue weighted by molar-refractivity contribution is -0.116. The first kappa shape index (κ1) is 21.2. The van der Waals surface area contributed by atoms with E-state index in [1.807, 2.05) is 42.5 Å². The van der Waals surface area contributed by atoms with E-state index in [1.165, 1.54) is 11.8 Å². The van der Waals surface area contributed by atoms with Crippen molar-refractivity contribution in [3.8, 4) is 17.2 Å². The van der Waals surface area contributed by atoms with Gasteiger partial charge in [0.15, 0.2) is 11.5 Å². The van der Waals surface area contributed by atoms with Crippen LogP contribution in [0.2, 0.25) is 0 Å². The number of amides is 1. The summed E-state index contributed by atoms with van der Waals surface area (Å²) < 4.78 is 16.9. The predicted octanol–water partition coefficient (Wildman–Crippen LogP) is 4.74. The zero-order chi connectivity index (χ0) is 22.5. The van der Waals surface area contributed by atoms with Crippen molar-refractivity contribution in [3.63, 3.8) is 0 Å². The molecule has 0 aromatic heterocycles. The summed E-state index contributed by atoms with van der Waals surface area (Å²) in [5, 5.41) is 0. The molecule has 1 aliphatic heterocycles. The van der Waals surface area contributed by atoms with E-state index in [0.29, 0.717) is 41.7 Å². The van der Waals surface area contributed by atoms with Crippen LogP contribution in [0.5, 0.6) is 17.2 Å². The Morgan fingerprint density at radius 1 is 0.906 bits per heavy atom. The number of anilines is 1. The highest BCUT2D eigenvalue weighted by molar-refractivity contribution is 6.26. The second-order valence-electron chi connectivity index (χ2n) is 7.15. The zero-order valence-corrected chi connectivity index (χ0v) is 17.9. The van der Waals surface area contributed by atoms with E-state index < -0.39 is 0 Å². The van der Waals surface area contributed by atoms with Crippen LogP contribution < -0.4 is 19.1 Å². The summed E-state index contributed by atoms with van der Waals surface area (Å²) in [5.74, 6) is 1.46. The van der Waals surface area contributed by atoms with Gasteiger partial charge in [-0.05, 0) is 48.0 Å². The summed E-state index contributed by atoms with van der Waals surface area (Å²) in [6.07, 6.45) is 1.69. The average Bonchev–Trinajstić information content (AvgIpc) is 3.09. The first-order chi connectivity index (χ1) is 15.6. The second kappa shape index (κ2) is 9.39. The van der Waals surface area contributed by atoms with E-state index in [9.17, 15) is 9.59 Å². The maximum atomic E-state index is 12.9. The number of carbonyl (C=O) groups excluding carboxylic acids is 2. The number of para-hydroxylation sites is 2. The lowest BCUT2D eigenvalue weighted by Gasteiger charge is -2.16. The molecule has 3 aromatic carbocycles. The Labute approximate surface area is 186 Å². The van der Waals surface area contributed by atoms with Gasteiger partial charge in [-0.3, -0.25) is 14.5 Å². The molecule has 0 radical (unpaired) electrons. The number of Topliss-reactive ketones (excluding diaryl/α,β-unsaturated/α-hetero) is 1. The molecule has 0 fully saturated rings. The van der Waals surface area contributed by atoms with E-state index in [4.69, 9.17) is 14.2 Å². The lowest BCUT2D eigenvalue weighted by Crippen LogP contribution is -2.25. The third-order valence-corrected chi connectivity index (χ3v) is 5.02. The smallest absolute Gasteiger partial charge is 0.228 e. The maximum Gasteiger partial charge on any atom is 0.228 e. The van der Waals surface area contributed by atoms with Crippen LogP contribution in [0, 0.1) is 0 Å². The molecule has 0 N–H and O–H groups in total. The molecule has 6 nitrogen and oxygen atoms in total. The van der Waals surface area contributed by atoms with E-state index in [1.54, 1.807) is 43.5 Å². The van der Waals surface area contributed by atoms with Crippen molar-refractivity contribution in [1.29, 1.82) is 0 Å². The minimum Gasteiger partial charge on any atom is -0.493 e. The monoisotopic (exact) mass is 429 g/mol. The Bertz CT molecular complexity index is 1170. The molecule has 0 aliphatic carbocycles. The average molecular weight is 429 g/mol. The van der Waals surface area contributed by atoms with Gasteiger partial charge in [0, 0.05) is 12.5 Å². The fraction of sp³-hybridized carbons (Fsp3) is 0.154. The van der Waals surface area contributed by atoms with Crippen LogP contribution in [0.15, 0.2) is 78.5 Å². The number of hydrogen-bond donors (Lipinski definition) is 0. The quantitative estimate of drug-likeness (QED) is 0.401. The molecule has 1 amide bonds. The van der Waals surface area contributed by atoms with E-state index >= 15 is 0 Å². The highest BCUT2D eigenvalue weighted by Crippen LogP contribution is 2.36. The molecule has 162 valence electrons. The number of ketones is 1. The summed E-state index contributed by atoms with van der Waals surface area (Å²) in [7, 11) is 1.55. The Balaban J connectivity index is 1.50. The molecule has 1 heterocycles. The topological polar surface area (TPSA) is 65.1 Å². The van der Waals surface area contributed by atoms with Crippen molar-refractivity contribution in [2.45, 2.75) is 6.92 Å². The number of carbonyl (C=O) groups is 2. The molecule has 0 spiro atoms.